The first-order chi connectivity index (χ1) is 8.61. The minimum atomic E-state index is -0.633. The lowest BCUT2D eigenvalue weighted by atomic mass is 10.2. The van der Waals surface area contributed by atoms with Gasteiger partial charge in [0.1, 0.15) is 6.42 Å². The van der Waals surface area contributed by atoms with Crippen LogP contribution in [-0.2, 0) is 9.53 Å². The number of benzene rings is 1. The van der Waals surface area contributed by atoms with Crippen LogP contribution in [0.25, 0.3) is 0 Å². The Morgan fingerprint density at radius 2 is 2.22 bits per heavy atom. The molecule has 0 bridgehead atoms. The maximum atomic E-state index is 11.0. The van der Waals surface area contributed by atoms with Crippen LogP contribution in [0.4, 0.5) is 10.5 Å². The molecule has 0 aliphatic rings. The van der Waals surface area contributed by atoms with Gasteiger partial charge in [-0.15, -0.1) is 0 Å². The molecule has 18 heavy (non-hydrogen) atoms. The maximum Gasteiger partial charge on any atom is 0.317 e. The SMILES string of the molecule is CCOC(=O)CC#Cc1cccc(NC(N)=O)c1. The van der Waals surface area contributed by atoms with Crippen LogP contribution in [0, 0.1) is 11.8 Å². The lowest BCUT2D eigenvalue weighted by molar-refractivity contribution is -0.141. The van der Waals surface area contributed by atoms with Crippen LogP contribution in [0.15, 0.2) is 24.3 Å². The third kappa shape index (κ3) is 5.03. The highest BCUT2D eigenvalue weighted by Crippen LogP contribution is 2.09. The van der Waals surface area contributed by atoms with Gasteiger partial charge in [-0.2, -0.15) is 0 Å². The molecule has 0 radical (unpaired) electrons. The Morgan fingerprint density at radius 3 is 2.89 bits per heavy atom. The second kappa shape index (κ2) is 6.97. The largest absolute Gasteiger partial charge is 0.465 e. The summed E-state index contributed by atoms with van der Waals surface area (Å²) in [5, 5.41) is 2.44. The second-order valence-corrected chi connectivity index (χ2v) is 3.35. The van der Waals surface area contributed by atoms with Crippen molar-refractivity contribution in [3.8, 4) is 11.8 Å². The molecule has 5 heteroatoms. The van der Waals surface area contributed by atoms with Crippen LogP contribution < -0.4 is 11.1 Å². The predicted molar refractivity (Wildman–Crippen MR) is 67.8 cm³/mol. The van der Waals surface area contributed by atoms with E-state index >= 15 is 0 Å². The van der Waals surface area contributed by atoms with Crippen LogP contribution in [0.5, 0.6) is 0 Å². The van der Waals surface area contributed by atoms with Gasteiger partial charge in [-0.05, 0) is 25.1 Å². The van der Waals surface area contributed by atoms with Crippen LogP contribution in [0.2, 0.25) is 0 Å². The summed E-state index contributed by atoms with van der Waals surface area (Å²) in [7, 11) is 0. The van der Waals surface area contributed by atoms with Crippen molar-refractivity contribution in [3.05, 3.63) is 29.8 Å². The molecule has 2 amide bonds. The van der Waals surface area contributed by atoms with Gasteiger partial charge in [-0.3, -0.25) is 4.79 Å². The number of hydrogen-bond acceptors (Lipinski definition) is 3. The summed E-state index contributed by atoms with van der Waals surface area (Å²) in [5.41, 5.74) is 6.25. The van der Waals surface area contributed by atoms with Crippen LogP contribution in [-0.4, -0.2) is 18.6 Å². The van der Waals surface area contributed by atoms with Crippen molar-refractivity contribution < 1.29 is 14.3 Å². The Morgan fingerprint density at radius 1 is 1.44 bits per heavy atom. The number of anilines is 1. The molecule has 0 aromatic heterocycles. The molecule has 1 aromatic carbocycles. The number of carbonyl (C=O) groups is 2. The molecule has 0 spiro atoms. The second-order valence-electron chi connectivity index (χ2n) is 3.35. The molecule has 0 fully saturated rings. The van der Waals surface area contributed by atoms with Gasteiger partial charge in [0.25, 0.3) is 0 Å². The fourth-order valence-electron chi connectivity index (χ4n) is 1.25. The Bertz CT molecular complexity index is 500. The normalized spacial score (nSPS) is 8.94. The zero-order valence-electron chi connectivity index (χ0n) is 10.0. The number of esters is 1. The molecule has 0 saturated heterocycles. The van der Waals surface area contributed by atoms with Gasteiger partial charge >= 0.3 is 12.0 Å². The molecule has 1 aromatic rings. The first-order valence-corrected chi connectivity index (χ1v) is 5.43. The highest BCUT2D eigenvalue weighted by Gasteiger charge is 1.98. The van der Waals surface area contributed by atoms with Gasteiger partial charge in [0, 0.05) is 11.3 Å². The van der Waals surface area contributed by atoms with E-state index < -0.39 is 6.03 Å². The van der Waals surface area contributed by atoms with Crippen LogP contribution in [0.3, 0.4) is 0 Å². The van der Waals surface area contributed by atoms with Crippen molar-refractivity contribution in [3.63, 3.8) is 0 Å². The topological polar surface area (TPSA) is 81.4 Å². The third-order valence-corrected chi connectivity index (χ3v) is 1.90. The summed E-state index contributed by atoms with van der Waals surface area (Å²) >= 11 is 0. The van der Waals surface area contributed by atoms with Gasteiger partial charge in [-0.1, -0.05) is 17.9 Å². The maximum absolute atomic E-state index is 11.0. The van der Waals surface area contributed by atoms with Crippen molar-refractivity contribution in [2.45, 2.75) is 13.3 Å². The zero-order chi connectivity index (χ0) is 13.4. The van der Waals surface area contributed by atoms with Gasteiger partial charge in [-0.25, -0.2) is 4.79 Å². The number of hydrogen-bond donors (Lipinski definition) is 2. The molecule has 0 heterocycles. The van der Waals surface area contributed by atoms with E-state index in [-0.39, 0.29) is 12.4 Å². The van der Waals surface area contributed by atoms with Crippen molar-refractivity contribution in [1.82, 2.24) is 0 Å². The minimum Gasteiger partial charge on any atom is -0.465 e. The van der Waals surface area contributed by atoms with Crippen LogP contribution >= 0.6 is 0 Å². The number of nitrogens with two attached hydrogens (primary N) is 1. The van der Waals surface area contributed by atoms with Crippen molar-refractivity contribution in [2.24, 2.45) is 5.73 Å². The lowest BCUT2D eigenvalue weighted by Crippen LogP contribution is -2.19. The molecule has 0 atom stereocenters. The molecule has 5 nitrogen and oxygen atoms in total. The smallest absolute Gasteiger partial charge is 0.317 e. The number of rotatable bonds is 3. The first kappa shape index (κ1) is 13.6. The summed E-state index contributed by atoms with van der Waals surface area (Å²) in [6.45, 7) is 2.09. The summed E-state index contributed by atoms with van der Waals surface area (Å²) in [6, 6.07) is 6.24. The number of ether oxygens (including phenoxy) is 1. The number of carbonyl (C=O) groups excluding carboxylic acids is 2. The predicted octanol–water partition coefficient (Wildman–Crippen LogP) is 1.48. The fourth-order valence-corrected chi connectivity index (χ4v) is 1.25. The molecule has 0 saturated carbocycles. The van der Waals surface area contributed by atoms with E-state index in [9.17, 15) is 9.59 Å². The molecule has 0 unspecified atom stereocenters. The van der Waals surface area contributed by atoms with Gasteiger partial charge in [0.2, 0.25) is 0 Å². The van der Waals surface area contributed by atoms with E-state index in [1.165, 1.54) is 0 Å². The molecule has 0 aliphatic heterocycles. The number of urea groups is 1. The lowest BCUT2D eigenvalue weighted by Gasteiger charge is -2.00. The van der Waals surface area contributed by atoms with Crippen molar-refractivity contribution >= 4 is 17.7 Å². The van der Waals surface area contributed by atoms with E-state index in [1.807, 2.05) is 0 Å². The highest BCUT2D eigenvalue weighted by molar-refractivity contribution is 5.87. The Kier molecular flexibility index (Phi) is 5.26. The Hall–Kier alpha value is -2.48. The van der Waals surface area contributed by atoms with E-state index in [0.29, 0.717) is 17.9 Å². The summed E-state index contributed by atoms with van der Waals surface area (Å²) in [4.78, 5) is 21.7. The molecule has 1 rings (SSSR count). The standard InChI is InChI=1S/C13H14N2O3/c1-2-18-12(16)8-4-6-10-5-3-7-11(9-10)15-13(14)17/h3,5,7,9H,2,8H2,1H3,(H3,14,15,17). The Labute approximate surface area is 105 Å². The fraction of sp³-hybridized carbons (Fsp3) is 0.231. The minimum absolute atomic E-state index is 0.0430. The average molecular weight is 246 g/mol. The molecular formula is C13H14N2O3. The summed E-state index contributed by atoms with van der Waals surface area (Å²) in [6.07, 6.45) is 0.0430. The van der Waals surface area contributed by atoms with Gasteiger partial charge in [0.05, 0.1) is 6.61 Å². The van der Waals surface area contributed by atoms with E-state index in [4.69, 9.17) is 10.5 Å². The first-order valence-electron chi connectivity index (χ1n) is 5.43. The summed E-state index contributed by atoms with van der Waals surface area (Å²) in [5.74, 6) is 5.15. The molecule has 3 N–H and O–H groups in total. The molecular weight excluding hydrogens is 232 g/mol. The van der Waals surface area contributed by atoms with E-state index in [1.54, 1.807) is 31.2 Å². The zero-order valence-corrected chi connectivity index (χ0v) is 10.0. The average Bonchev–Trinajstić information content (AvgIpc) is 2.29. The van der Waals surface area contributed by atoms with Gasteiger partial charge < -0.3 is 15.8 Å². The molecule has 0 aliphatic carbocycles. The summed E-state index contributed by atoms with van der Waals surface area (Å²) < 4.78 is 4.74. The van der Waals surface area contributed by atoms with E-state index in [0.717, 1.165) is 0 Å². The molecule has 94 valence electrons. The highest BCUT2D eigenvalue weighted by atomic mass is 16.5. The number of primary amides is 1. The Balaban J connectivity index is 2.64. The number of amides is 2. The van der Waals surface area contributed by atoms with Crippen molar-refractivity contribution in [1.29, 1.82) is 0 Å². The quantitative estimate of drug-likeness (QED) is 0.626. The van der Waals surface area contributed by atoms with Crippen molar-refractivity contribution in [2.75, 3.05) is 11.9 Å². The van der Waals surface area contributed by atoms with Crippen LogP contribution in [0.1, 0.15) is 18.9 Å². The third-order valence-electron chi connectivity index (χ3n) is 1.90. The monoisotopic (exact) mass is 246 g/mol. The van der Waals surface area contributed by atoms with E-state index in [2.05, 4.69) is 17.2 Å². The number of nitrogens with one attached hydrogen (secondary N) is 1. The van der Waals surface area contributed by atoms with Gasteiger partial charge in [0.15, 0.2) is 0 Å².